The summed E-state index contributed by atoms with van der Waals surface area (Å²) in [6.07, 6.45) is 8.69. The fraction of sp³-hybridized carbons (Fsp3) is 0.571. The van der Waals surface area contributed by atoms with Crippen LogP contribution in [0.25, 0.3) is 28.2 Å². The third kappa shape index (κ3) is 9.84. The van der Waals surface area contributed by atoms with Crippen molar-refractivity contribution in [3.8, 4) is 22.5 Å². The van der Waals surface area contributed by atoms with Gasteiger partial charge in [0.15, 0.2) is 14.0 Å². The lowest BCUT2D eigenvalue weighted by molar-refractivity contribution is 0.0883. The Balaban J connectivity index is 1.36. The van der Waals surface area contributed by atoms with Crippen molar-refractivity contribution in [2.24, 2.45) is 5.92 Å². The first-order valence-electron chi connectivity index (χ1n) is 16.8. The lowest BCUT2D eigenvalue weighted by Gasteiger charge is -2.36. The van der Waals surface area contributed by atoms with Crippen LogP contribution in [0.1, 0.15) is 41.0 Å². The standard InChI is InChI=1S/C35H57N7O2Si2/c1-27(2)31(25-36-17-11-21-44-46(9,10)35(3,4)5)39-32-16-19-42-34(40-32)30(24-38-42)28-12-14-29(15-13-28)33-37-18-20-41(33)26-43-22-23-45(6,7)8/h12-16,18-20,24,27,31,36H,11,17,21-23,25-26H2,1-10H3,(H,39,40). The molecule has 252 valence electrons. The van der Waals surface area contributed by atoms with Crippen LogP contribution < -0.4 is 10.6 Å². The Morgan fingerprint density at radius 1 is 0.935 bits per heavy atom. The van der Waals surface area contributed by atoms with Gasteiger partial charge in [0.2, 0.25) is 0 Å². The van der Waals surface area contributed by atoms with Crippen LogP contribution in [-0.2, 0) is 15.9 Å². The fourth-order valence-electron chi connectivity index (χ4n) is 4.81. The predicted molar refractivity (Wildman–Crippen MR) is 197 cm³/mol. The van der Waals surface area contributed by atoms with Crippen molar-refractivity contribution in [2.75, 3.05) is 31.6 Å². The number of imidazole rings is 1. The normalized spacial score (nSPS) is 13.5. The fourth-order valence-corrected chi connectivity index (χ4v) is 6.65. The molecule has 1 unspecified atom stereocenters. The summed E-state index contributed by atoms with van der Waals surface area (Å²) >= 11 is 0. The Bertz CT molecular complexity index is 1520. The summed E-state index contributed by atoms with van der Waals surface area (Å²) in [5.41, 5.74) is 3.94. The third-order valence-electron chi connectivity index (χ3n) is 9.03. The Labute approximate surface area is 278 Å². The summed E-state index contributed by atoms with van der Waals surface area (Å²) in [7, 11) is -2.81. The Kier molecular flexibility index (Phi) is 12.0. The molecule has 0 saturated carbocycles. The molecule has 4 aromatic rings. The maximum Gasteiger partial charge on any atom is 0.191 e. The van der Waals surface area contributed by atoms with Crippen LogP contribution in [0.3, 0.4) is 0 Å². The molecule has 11 heteroatoms. The molecule has 1 atom stereocenters. The predicted octanol–water partition coefficient (Wildman–Crippen LogP) is 8.01. The molecular formula is C35H57N7O2Si2. The zero-order chi connectivity index (χ0) is 33.5. The van der Waals surface area contributed by atoms with E-state index in [1.165, 1.54) is 0 Å². The summed E-state index contributed by atoms with van der Waals surface area (Å²) in [4.78, 5) is 9.61. The van der Waals surface area contributed by atoms with E-state index in [1.807, 2.05) is 35.4 Å². The van der Waals surface area contributed by atoms with Gasteiger partial charge in [0.25, 0.3) is 0 Å². The molecule has 0 aliphatic carbocycles. The Morgan fingerprint density at radius 3 is 2.33 bits per heavy atom. The van der Waals surface area contributed by atoms with Gasteiger partial charge < -0.3 is 24.4 Å². The van der Waals surface area contributed by atoms with Gasteiger partial charge >= 0.3 is 0 Å². The second-order valence-corrected chi connectivity index (χ2v) is 25.9. The number of hydrogen-bond donors (Lipinski definition) is 2. The van der Waals surface area contributed by atoms with Crippen molar-refractivity contribution < 1.29 is 9.16 Å². The van der Waals surface area contributed by atoms with Gasteiger partial charge in [-0.05, 0) is 54.7 Å². The first-order chi connectivity index (χ1) is 21.6. The van der Waals surface area contributed by atoms with Crippen LogP contribution in [0, 0.1) is 5.92 Å². The number of fused-ring (bicyclic) bond motifs is 1. The van der Waals surface area contributed by atoms with Crippen molar-refractivity contribution in [1.82, 2.24) is 29.5 Å². The second kappa shape index (κ2) is 15.4. The molecule has 1 aromatic carbocycles. The number of nitrogens with one attached hydrogen (secondary N) is 2. The molecule has 0 bridgehead atoms. The van der Waals surface area contributed by atoms with Crippen molar-refractivity contribution in [3.05, 3.63) is 55.1 Å². The highest BCUT2D eigenvalue weighted by Gasteiger charge is 2.36. The SMILES string of the molecule is CC(C)C(CNCCCO[Si](C)(C)C(C)(C)C)Nc1ccn2ncc(-c3ccc(-c4nccn4COCC[Si](C)(C)C)cc3)c2n1. The highest BCUT2D eigenvalue weighted by Crippen LogP contribution is 2.36. The monoisotopic (exact) mass is 663 g/mol. The van der Waals surface area contributed by atoms with E-state index in [0.717, 1.165) is 72.7 Å². The molecule has 9 nitrogen and oxygen atoms in total. The minimum Gasteiger partial charge on any atom is -0.417 e. The molecular weight excluding hydrogens is 607 g/mol. The van der Waals surface area contributed by atoms with Crippen LogP contribution in [-0.4, -0.2) is 72.9 Å². The molecule has 3 aromatic heterocycles. The lowest BCUT2D eigenvalue weighted by atomic mass is 10.0. The van der Waals surface area contributed by atoms with Gasteiger partial charge in [0.1, 0.15) is 18.4 Å². The van der Waals surface area contributed by atoms with Crippen molar-refractivity contribution >= 4 is 27.9 Å². The number of aromatic nitrogens is 5. The topological polar surface area (TPSA) is 90.5 Å². The summed E-state index contributed by atoms with van der Waals surface area (Å²) in [5, 5.41) is 12.1. The smallest absolute Gasteiger partial charge is 0.191 e. The molecule has 0 amide bonds. The van der Waals surface area contributed by atoms with Crippen LogP contribution in [0.2, 0.25) is 43.8 Å². The molecule has 0 radical (unpaired) electrons. The number of rotatable bonds is 17. The van der Waals surface area contributed by atoms with Crippen LogP contribution >= 0.6 is 0 Å². The van der Waals surface area contributed by atoms with Gasteiger partial charge in [-0.3, -0.25) is 0 Å². The van der Waals surface area contributed by atoms with Crippen LogP contribution in [0.5, 0.6) is 0 Å². The van der Waals surface area contributed by atoms with Crippen molar-refractivity contribution in [3.63, 3.8) is 0 Å². The van der Waals surface area contributed by atoms with Crippen LogP contribution in [0.15, 0.2) is 55.1 Å². The van der Waals surface area contributed by atoms with Gasteiger partial charge in [-0.2, -0.15) is 5.10 Å². The zero-order valence-corrected chi connectivity index (χ0v) is 31.9. The Hall–Kier alpha value is -2.84. The zero-order valence-electron chi connectivity index (χ0n) is 29.9. The van der Waals surface area contributed by atoms with Gasteiger partial charge in [-0.25, -0.2) is 14.5 Å². The summed E-state index contributed by atoms with van der Waals surface area (Å²) < 4.78 is 16.2. The molecule has 0 aliphatic heterocycles. The van der Waals surface area contributed by atoms with Gasteiger partial charge in [0, 0.05) is 63.6 Å². The van der Waals surface area contributed by atoms with Crippen molar-refractivity contribution in [1.29, 1.82) is 0 Å². The summed E-state index contributed by atoms with van der Waals surface area (Å²) in [6.45, 7) is 27.0. The van der Waals surface area contributed by atoms with E-state index in [1.54, 1.807) is 0 Å². The maximum absolute atomic E-state index is 6.34. The average Bonchev–Trinajstić information content (AvgIpc) is 3.62. The van der Waals surface area contributed by atoms with E-state index in [9.17, 15) is 0 Å². The number of nitrogens with zero attached hydrogens (tertiary/aromatic N) is 5. The minimum absolute atomic E-state index is 0.241. The summed E-state index contributed by atoms with van der Waals surface area (Å²) in [6, 6.07) is 11.9. The molecule has 2 N–H and O–H groups in total. The molecule has 0 spiro atoms. The molecule has 0 aliphatic rings. The van der Waals surface area contributed by atoms with E-state index in [4.69, 9.17) is 14.1 Å². The van der Waals surface area contributed by atoms with Crippen molar-refractivity contribution in [2.45, 2.75) is 97.6 Å². The molecule has 4 rings (SSSR count). The van der Waals surface area contributed by atoms with Crippen LogP contribution in [0.4, 0.5) is 5.82 Å². The molecule has 3 heterocycles. The third-order valence-corrected chi connectivity index (χ3v) is 15.3. The quantitative estimate of drug-likeness (QED) is 0.0874. The maximum atomic E-state index is 6.34. The molecule has 46 heavy (non-hydrogen) atoms. The van der Waals surface area contributed by atoms with Gasteiger partial charge in [-0.1, -0.05) is 78.5 Å². The first-order valence-corrected chi connectivity index (χ1v) is 23.4. The largest absolute Gasteiger partial charge is 0.417 e. The van der Waals surface area contributed by atoms with E-state index in [-0.39, 0.29) is 11.1 Å². The minimum atomic E-state index is -1.69. The first kappa shape index (κ1) is 36.0. The van der Waals surface area contributed by atoms with Gasteiger partial charge in [-0.15, -0.1) is 0 Å². The second-order valence-electron chi connectivity index (χ2n) is 15.4. The highest BCUT2D eigenvalue weighted by atomic mass is 28.4. The molecule has 0 fully saturated rings. The van der Waals surface area contributed by atoms with E-state index >= 15 is 0 Å². The Morgan fingerprint density at radius 2 is 1.65 bits per heavy atom. The number of benzene rings is 1. The lowest BCUT2D eigenvalue weighted by Crippen LogP contribution is -2.41. The summed E-state index contributed by atoms with van der Waals surface area (Å²) in [5.74, 6) is 2.19. The average molecular weight is 664 g/mol. The highest BCUT2D eigenvalue weighted by molar-refractivity contribution is 6.76. The van der Waals surface area contributed by atoms with E-state index in [2.05, 4.69) is 117 Å². The van der Waals surface area contributed by atoms with Gasteiger partial charge in [0.05, 0.1) is 6.20 Å². The molecule has 0 saturated heterocycles. The number of ether oxygens (including phenoxy) is 1. The number of hydrogen-bond acceptors (Lipinski definition) is 7. The van der Waals surface area contributed by atoms with E-state index in [0.29, 0.717) is 12.6 Å². The number of anilines is 1. The van der Waals surface area contributed by atoms with E-state index < -0.39 is 16.4 Å².